The zero-order valence-corrected chi connectivity index (χ0v) is 17.1. The Kier molecular flexibility index (Phi) is 7.14. The van der Waals surface area contributed by atoms with E-state index in [1.165, 1.54) is 6.07 Å². The molecule has 0 aliphatic heterocycles. The number of aromatic carboxylic acids is 1. The molecular weight excluding hydrogens is 409 g/mol. The molecule has 0 heterocycles. The van der Waals surface area contributed by atoms with Gasteiger partial charge in [-0.25, -0.2) is 9.18 Å². The first kappa shape index (κ1) is 21.5. The summed E-state index contributed by atoms with van der Waals surface area (Å²) in [7, 11) is 0. The Morgan fingerprint density at radius 2 is 1.83 bits per heavy atom. The number of benzene rings is 3. The molecule has 0 spiro atoms. The topological polar surface area (TPSA) is 67.8 Å². The molecule has 0 aromatic heterocycles. The lowest BCUT2D eigenvalue weighted by Crippen LogP contribution is -2.04. The Labute approximate surface area is 179 Å². The van der Waals surface area contributed by atoms with E-state index in [1.807, 2.05) is 19.1 Å². The van der Waals surface area contributed by atoms with E-state index >= 15 is 0 Å². The number of halogens is 2. The second-order valence-electron chi connectivity index (χ2n) is 6.44. The van der Waals surface area contributed by atoms with Crippen molar-refractivity contribution in [2.75, 3.05) is 11.9 Å². The van der Waals surface area contributed by atoms with Crippen LogP contribution >= 0.6 is 11.6 Å². The van der Waals surface area contributed by atoms with Gasteiger partial charge in [-0.2, -0.15) is 0 Å². The van der Waals surface area contributed by atoms with Crippen LogP contribution in [0.1, 0.15) is 28.4 Å². The molecule has 5 nitrogen and oxygen atoms in total. The second kappa shape index (κ2) is 9.98. The molecule has 3 aromatic carbocycles. The van der Waals surface area contributed by atoms with E-state index < -0.39 is 11.8 Å². The molecule has 0 unspecified atom stereocenters. The molecule has 0 aliphatic carbocycles. The van der Waals surface area contributed by atoms with Crippen LogP contribution in [0.4, 0.5) is 10.1 Å². The van der Waals surface area contributed by atoms with Crippen molar-refractivity contribution in [2.45, 2.75) is 20.1 Å². The van der Waals surface area contributed by atoms with Crippen LogP contribution in [0.2, 0.25) is 5.02 Å². The average Bonchev–Trinajstić information content (AvgIpc) is 2.73. The Balaban J connectivity index is 1.69. The summed E-state index contributed by atoms with van der Waals surface area (Å²) in [5.74, 6) is -0.346. The molecule has 0 radical (unpaired) electrons. The summed E-state index contributed by atoms with van der Waals surface area (Å²) in [5, 5.41) is 12.5. The highest BCUT2D eigenvalue weighted by molar-refractivity contribution is 6.31. The summed E-state index contributed by atoms with van der Waals surface area (Å²) >= 11 is 6.06. The van der Waals surface area contributed by atoms with E-state index in [2.05, 4.69) is 5.32 Å². The normalized spacial score (nSPS) is 10.5. The van der Waals surface area contributed by atoms with Gasteiger partial charge < -0.3 is 19.9 Å². The first-order chi connectivity index (χ1) is 14.5. The van der Waals surface area contributed by atoms with Gasteiger partial charge in [0.15, 0.2) is 11.5 Å². The number of hydrogen-bond acceptors (Lipinski definition) is 4. The van der Waals surface area contributed by atoms with Crippen LogP contribution < -0.4 is 14.8 Å². The predicted octanol–water partition coefficient (Wildman–Crippen LogP) is 5.77. The first-order valence-electron chi connectivity index (χ1n) is 9.36. The van der Waals surface area contributed by atoms with Crippen molar-refractivity contribution in [3.8, 4) is 11.5 Å². The molecule has 0 saturated heterocycles. The fraction of sp³-hybridized carbons (Fsp3) is 0.174. The molecule has 0 fully saturated rings. The third-order valence-corrected chi connectivity index (χ3v) is 4.72. The summed E-state index contributed by atoms with van der Waals surface area (Å²) in [6.07, 6.45) is 0. The third-order valence-electron chi connectivity index (χ3n) is 4.37. The quantitative estimate of drug-likeness (QED) is 0.452. The zero-order chi connectivity index (χ0) is 21.5. The minimum atomic E-state index is -0.963. The predicted molar refractivity (Wildman–Crippen MR) is 114 cm³/mol. The van der Waals surface area contributed by atoms with Gasteiger partial charge in [0.05, 0.1) is 17.2 Å². The number of nitrogens with one attached hydrogen (secondary N) is 1. The van der Waals surface area contributed by atoms with Crippen LogP contribution in [0.3, 0.4) is 0 Å². The minimum absolute atomic E-state index is 0.0148. The van der Waals surface area contributed by atoms with Crippen LogP contribution in [0.15, 0.2) is 60.7 Å². The van der Waals surface area contributed by atoms with Crippen molar-refractivity contribution in [2.24, 2.45) is 0 Å². The third kappa shape index (κ3) is 5.42. The van der Waals surface area contributed by atoms with Crippen LogP contribution in [0.5, 0.6) is 11.5 Å². The summed E-state index contributed by atoms with van der Waals surface area (Å²) < 4.78 is 25.4. The number of hydrogen-bond donors (Lipinski definition) is 2. The number of carbonyl (C=O) groups is 1. The van der Waals surface area contributed by atoms with Gasteiger partial charge in [-0.15, -0.1) is 0 Å². The highest BCUT2D eigenvalue weighted by atomic mass is 35.5. The molecule has 156 valence electrons. The maximum absolute atomic E-state index is 14.0. The summed E-state index contributed by atoms with van der Waals surface area (Å²) in [5.41, 5.74) is 2.26. The van der Waals surface area contributed by atoms with Gasteiger partial charge in [-0.1, -0.05) is 23.7 Å². The van der Waals surface area contributed by atoms with Gasteiger partial charge in [0.25, 0.3) is 0 Å². The molecule has 3 rings (SSSR count). The number of ether oxygens (including phenoxy) is 2. The van der Waals surface area contributed by atoms with Crippen LogP contribution in [0.25, 0.3) is 0 Å². The smallest absolute Gasteiger partial charge is 0.335 e. The number of carboxylic acids is 1. The van der Waals surface area contributed by atoms with Crippen molar-refractivity contribution in [1.82, 2.24) is 0 Å². The van der Waals surface area contributed by atoms with Crippen molar-refractivity contribution in [1.29, 1.82) is 0 Å². The Morgan fingerprint density at radius 1 is 1.07 bits per heavy atom. The maximum Gasteiger partial charge on any atom is 0.335 e. The number of carboxylic acid groups (broad SMARTS) is 1. The lowest BCUT2D eigenvalue weighted by Gasteiger charge is -2.15. The van der Waals surface area contributed by atoms with Gasteiger partial charge in [0.2, 0.25) is 0 Å². The van der Waals surface area contributed by atoms with Crippen LogP contribution in [-0.4, -0.2) is 17.7 Å². The molecule has 7 heteroatoms. The lowest BCUT2D eigenvalue weighted by atomic mass is 10.1. The summed E-state index contributed by atoms with van der Waals surface area (Å²) in [6, 6.07) is 16.5. The molecule has 3 aromatic rings. The fourth-order valence-corrected chi connectivity index (χ4v) is 3.02. The van der Waals surface area contributed by atoms with E-state index in [-0.39, 0.29) is 17.7 Å². The van der Waals surface area contributed by atoms with Crippen molar-refractivity contribution < 1.29 is 23.8 Å². The average molecular weight is 430 g/mol. The van der Waals surface area contributed by atoms with E-state index in [9.17, 15) is 9.18 Å². The van der Waals surface area contributed by atoms with Gasteiger partial charge >= 0.3 is 5.97 Å². The molecule has 0 bridgehead atoms. The van der Waals surface area contributed by atoms with Gasteiger partial charge in [0, 0.05) is 17.8 Å². The zero-order valence-electron chi connectivity index (χ0n) is 16.3. The van der Waals surface area contributed by atoms with Gasteiger partial charge in [-0.3, -0.25) is 0 Å². The largest absolute Gasteiger partial charge is 0.490 e. The number of anilines is 1. The maximum atomic E-state index is 14.0. The van der Waals surface area contributed by atoms with Crippen molar-refractivity contribution >= 4 is 23.3 Å². The molecule has 0 aliphatic rings. The molecule has 0 amide bonds. The van der Waals surface area contributed by atoms with Gasteiger partial charge in [-0.05, 0) is 61.0 Å². The van der Waals surface area contributed by atoms with Crippen molar-refractivity contribution in [3.63, 3.8) is 0 Å². The first-order valence-corrected chi connectivity index (χ1v) is 9.74. The van der Waals surface area contributed by atoms with E-state index in [1.54, 1.807) is 42.5 Å². The molecule has 0 atom stereocenters. The molecular formula is C23H21ClFNO4. The van der Waals surface area contributed by atoms with Crippen molar-refractivity contribution in [3.05, 3.63) is 88.2 Å². The van der Waals surface area contributed by atoms with E-state index in [0.717, 1.165) is 11.3 Å². The van der Waals surface area contributed by atoms with E-state index in [4.69, 9.17) is 26.2 Å². The molecule has 30 heavy (non-hydrogen) atoms. The van der Waals surface area contributed by atoms with Gasteiger partial charge in [0.1, 0.15) is 12.4 Å². The van der Waals surface area contributed by atoms with Crippen LogP contribution in [0, 0.1) is 5.82 Å². The Morgan fingerprint density at radius 3 is 2.50 bits per heavy atom. The standard InChI is InChI=1S/C23H21ClFNO4/c1-2-29-22-12-15(13-26-17-9-7-16(8-10-17)23(27)28)6-11-21(22)30-14-18-19(24)4-3-5-20(18)25/h3-12,26H,2,13-14H2,1H3,(H,27,28). The Hall–Kier alpha value is -3.25. The highest BCUT2D eigenvalue weighted by Crippen LogP contribution is 2.31. The highest BCUT2D eigenvalue weighted by Gasteiger charge is 2.11. The SMILES string of the molecule is CCOc1cc(CNc2ccc(C(=O)O)cc2)ccc1OCc1c(F)cccc1Cl. The fourth-order valence-electron chi connectivity index (χ4n) is 2.80. The number of rotatable bonds is 9. The molecule has 2 N–H and O–H groups in total. The monoisotopic (exact) mass is 429 g/mol. The summed E-state index contributed by atoms with van der Waals surface area (Å²) in [6.45, 7) is 2.81. The van der Waals surface area contributed by atoms with Crippen LogP contribution in [-0.2, 0) is 13.2 Å². The second-order valence-corrected chi connectivity index (χ2v) is 6.85. The molecule has 0 saturated carbocycles. The summed E-state index contributed by atoms with van der Waals surface area (Å²) in [4.78, 5) is 10.9. The lowest BCUT2D eigenvalue weighted by molar-refractivity contribution is 0.0697. The minimum Gasteiger partial charge on any atom is -0.490 e. The van der Waals surface area contributed by atoms with E-state index in [0.29, 0.717) is 29.7 Å². The Bertz CT molecular complexity index is 1000.